The lowest BCUT2D eigenvalue weighted by atomic mass is 10.4. The smallest absolute Gasteiger partial charge is 0.240 e. The molecule has 0 amide bonds. The maximum Gasteiger partial charge on any atom is 0.240 e. The Balaban J connectivity index is 0.00000529. The zero-order valence-corrected chi connectivity index (χ0v) is 17.6. The molecule has 0 aliphatic rings. The first kappa shape index (κ1) is 23.4. The van der Waals surface area contributed by atoms with Gasteiger partial charge < -0.3 is 15.4 Å². The van der Waals surface area contributed by atoms with E-state index in [9.17, 15) is 8.42 Å². The molecule has 138 valence electrons. The highest BCUT2D eigenvalue weighted by molar-refractivity contribution is 14.0. The highest BCUT2D eigenvalue weighted by atomic mass is 127. The largest absolute Gasteiger partial charge is 0.380 e. The minimum atomic E-state index is -3.57. The lowest BCUT2D eigenvalue weighted by Crippen LogP contribution is -2.42. The molecular formula is C14H24ClIN4O3S. The van der Waals surface area contributed by atoms with Gasteiger partial charge >= 0.3 is 0 Å². The number of sulfonamides is 1. The number of hydrogen-bond donors (Lipinski definition) is 3. The van der Waals surface area contributed by atoms with Crippen molar-refractivity contribution in [2.75, 3.05) is 39.9 Å². The van der Waals surface area contributed by atoms with Crippen molar-refractivity contribution < 1.29 is 13.2 Å². The van der Waals surface area contributed by atoms with E-state index in [1.165, 1.54) is 12.1 Å². The lowest BCUT2D eigenvalue weighted by Gasteiger charge is -2.12. The molecular weight excluding hydrogens is 467 g/mol. The Morgan fingerprint density at radius 2 is 1.96 bits per heavy atom. The number of ether oxygens (including phenoxy) is 1. The second-order valence-corrected chi connectivity index (χ2v) is 6.68. The van der Waals surface area contributed by atoms with Crippen LogP contribution in [0.4, 0.5) is 0 Å². The highest BCUT2D eigenvalue weighted by Crippen LogP contribution is 2.14. The predicted octanol–water partition coefficient (Wildman–Crippen LogP) is 1.44. The summed E-state index contributed by atoms with van der Waals surface area (Å²) in [5.41, 5.74) is 0. The van der Waals surface area contributed by atoms with E-state index in [2.05, 4.69) is 20.3 Å². The van der Waals surface area contributed by atoms with Crippen LogP contribution in [0.2, 0.25) is 5.02 Å². The molecule has 0 saturated carbocycles. The summed E-state index contributed by atoms with van der Waals surface area (Å²) < 4.78 is 31.9. The number of nitrogens with zero attached hydrogens (tertiary/aromatic N) is 1. The summed E-state index contributed by atoms with van der Waals surface area (Å²) in [6.45, 7) is 4.42. The van der Waals surface area contributed by atoms with E-state index in [0.717, 1.165) is 0 Å². The fourth-order valence-electron chi connectivity index (χ4n) is 1.69. The topological polar surface area (TPSA) is 91.8 Å². The third kappa shape index (κ3) is 9.02. The van der Waals surface area contributed by atoms with E-state index >= 15 is 0 Å². The number of aliphatic imine (C=N–C) groups is 1. The Labute approximate surface area is 165 Å². The third-order valence-corrected chi connectivity index (χ3v) is 4.48. The first-order valence-electron chi connectivity index (χ1n) is 7.27. The number of hydrogen-bond acceptors (Lipinski definition) is 4. The van der Waals surface area contributed by atoms with Gasteiger partial charge in [-0.1, -0.05) is 17.7 Å². The predicted molar refractivity (Wildman–Crippen MR) is 108 cm³/mol. The van der Waals surface area contributed by atoms with Gasteiger partial charge in [-0.05, 0) is 25.1 Å². The van der Waals surface area contributed by atoms with Crippen LogP contribution in [0.1, 0.15) is 6.92 Å². The number of benzene rings is 1. The molecule has 24 heavy (non-hydrogen) atoms. The number of nitrogens with one attached hydrogen (secondary N) is 3. The normalized spacial score (nSPS) is 11.7. The Kier molecular flexibility index (Phi) is 12.4. The Morgan fingerprint density at radius 1 is 1.25 bits per heavy atom. The lowest BCUT2D eigenvalue weighted by molar-refractivity contribution is 0.152. The minimum Gasteiger partial charge on any atom is -0.380 e. The molecule has 0 aromatic heterocycles. The van der Waals surface area contributed by atoms with E-state index in [1.54, 1.807) is 19.2 Å². The molecule has 0 heterocycles. The van der Waals surface area contributed by atoms with E-state index in [-0.39, 0.29) is 35.4 Å². The van der Waals surface area contributed by atoms with Crippen LogP contribution in [0.15, 0.2) is 34.2 Å². The van der Waals surface area contributed by atoms with Gasteiger partial charge in [0.25, 0.3) is 0 Å². The van der Waals surface area contributed by atoms with Crippen LogP contribution in [0.3, 0.4) is 0 Å². The molecule has 0 atom stereocenters. The summed E-state index contributed by atoms with van der Waals surface area (Å²) in [6, 6.07) is 6.13. The third-order valence-electron chi connectivity index (χ3n) is 2.78. The number of rotatable bonds is 9. The van der Waals surface area contributed by atoms with Crippen LogP contribution >= 0.6 is 35.6 Å². The molecule has 0 bridgehead atoms. The summed E-state index contributed by atoms with van der Waals surface area (Å²) >= 11 is 5.80. The first-order valence-corrected chi connectivity index (χ1v) is 9.13. The van der Waals surface area contributed by atoms with Crippen LogP contribution in [0.25, 0.3) is 0 Å². The van der Waals surface area contributed by atoms with Crippen molar-refractivity contribution in [3.05, 3.63) is 29.3 Å². The molecule has 1 aromatic carbocycles. The van der Waals surface area contributed by atoms with Crippen LogP contribution in [-0.2, 0) is 14.8 Å². The van der Waals surface area contributed by atoms with Gasteiger partial charge in [-0.2, -0.15) is 0 Å². The van der Waals surface area contributed by atoms with Crippen LogP contribution in [0, 0.1) is 0 Å². The molecule has 1 aromatic rings. The SMILES string of the molecule is CCOCCNC(=NC)NCCNS(=O)(=O)c1cccc(Cl)c1.I. The zero-order chi connectivity index (χ0) is 17.1. The average Bonchev–Trinajstić information content (AvgIpc) is 2.53. The summed E-state index contributed by atoms with van der Waals surface area (Å²) in [7, 11) is -1.92. The maximum atomic E-state index is 12.1. The highest BCUT2D eigenvalue weighted by Gasteiger charge is 2.13. The van der Waals surface area contributed by atoms with Crippen molar-refractivity contribution in [1.29, 1.82) is 0 Å². The summed E-state index contributed by atoms with van der Waals surface area (Å²) in [5, 5.41) is 6.45. The zero-order valence-electron chi connectivity index (χ0n) is 13.7. The molecule has 0 radical (unpaired) electrons. The molecule has 0 unspecified atom stereocenters. The molecule has 0 spiro atoms. The van der Waals surface area contributed by atoms with Crippen molar-refractivity contribution in [1.82, 2.24) is 15.4 Å². The van der Waals surface area contributed by atoms with Crippen LogP contribution < -0.4 is 15.4 Å². The van der Waals surface area contributed by atoms with Crippen molar-refractivity contribution in [2.45, 2.75) is 11.8 Å². The standard InChI is InChI=1S/C14H23ClN4O3S.HI/c1-3-22-10-9-18-14(16-2)17-7-8-19-23(20,21)13-6-4-5-12(15)11-13;/h4-6,11,19H,3,7-10H2,1-2H3,(H2,16,17,18);1H. The van der Waals surface area contributed by atoms with Gasteiger partial charge in [-0.25, -0.2) is 13.1 Å². The molecule has 3 N–H and O–H groups in total. The van der Waals surface area contributed by atoms with E-state index in [1.807, 2.05) is 6.92 Å². The van der Waals surface area contributed by atoms with Crippen molar-refractivity contribution >= 4 is 51.6 Å². The van der Waals surface area contributed by atoms with Gasteiger partial charge in [0, 0.05) is 38.3 Å². The van der Waals surface area contributed by atoms with Gasteiger partial charge in [0.1, 0.15) is 0 Å². The van der Waals surface area contributed by atoms with Crippen LogP contribution in [-0.4, -0.2) is 54.3 Å². The van der Waals surface area contributed by atoms with Gasteiger partial charge in [0.05, 0.1) is 11.5 Å². The van der Waals surface area contributed by atoms with Crippen molar-refractivity contribution in [3.63, 3.8) is 0 Å². The Morgan fingerprint density at radius 3 is 2.58 bits per heavy atom. The quantitative estimate of drug-likeness (QED) is 0.211. The van der Waals surface area contributed by atoms with Gasteiger partial charge in [-0.15, -0.1) is 24.0 Å². The van der Waals surface area contributed by atoms with Crippen molar-refractivity contribution in [2.24, 2.45) is 4.99 Å². The number of guanidine groups is 1. The summed E-state index contributed by atoms with van der Waals surface area (Å²) in [4.78, 5) is 4.18. The second-order valence-electron chi connectivity index (χ2n) is 4.48. The van der Waals surface area contributed by atoms with E-state index < -0.39 is 10.0 Å². The summed E-state index contributed by atoms with van der Waals surface area (Å²) in [5.74, 6) is 0.589. The van der Waals surface area contributed by atoms with Crippen molar-refractivity contribution in [3.8, 4) is 0 Å². The Bertz CT molecular complexity index is 614. The van der Waals surface area contributed by atoms with E-state index in [4.69, 9.17) is 16.3 Å². The average molecular weight is 491 g/mol. The molecule has 7 nitrogen and oxygen atoms in total. The molecule has 1 rings (SSSR count). The molecule has 0 fully saturated rings. The first-order chi connectivity index (χ1) is 11.0. The van der Waals surface area contributed by atoms with Gasteiger partial charge in [0.15, 0.2) is 5.96 Å². The molecule has 10 heteroatoms. The van der Waals surface area contributed by atoms with Crippen LogP contribution in [0.5, 0.6) is 0 Å². The summed E-state index contributed by atoms with van der Waals surface area (Å²) in [6.07, 6.45) is 0. The maximum absolute atomic E-state index is 12.1. The fraction of sp³-hybridized carbons (Fsp3) is 0.500. The Hall–Kier alpha value is -0.620. The second kappa shape index (κ2) is 12.7. The van der Waals surface area contributed by atoms with E-state index in [0.29, 0.717) is 37.3 Å². The monoisotopic (exact) mass is 490 g/mol. The van der Waals surface area contributed by atoms with Gasteiger partial charge in [-0.3, -0.25) is 4.99 Å². The molecule has 0 saturated heterocycles. The number of halogens is 2. The molecule has 0 aliphatic carbocycles. The molecule has 0 aliphatic heterocycles. The fourth-order valence-corrected chi connectivity index (χ4v) is 3.02. The minimum absolute atomic E-state index is 0. The van der Waals surface area contributed by atoms with Gasteiger partial charge in [0.2, 0.25) is 10.0 Å².